The average molecular weight is 282 g/mol. The lowest BCUT2D eigenvalue weighted by atomic mass is 9.76. The summed E-state index contributed by atoms with van der Waals surface area (Å²) in [6.45, 7) is 10.4. The minimum atomic E-state index is -0.118. The third-order valence-corrected chi connectivity index (χ3v) is 5.03. The van der Waals surface area contributed by atoms with Gasteiger partial charge < -0.3 is 15.5 Å². The minimum absolute atomic E-state index is 0.118. The number of piperazine rings is 1. The Morgan fingerprint density at radius 2 is 1.85 bits per heavy atom. The molecule has 2 saturated heterocycles. The van der Waals surface area contributed by atoms with Crippen molar-refractivity contribution in [2.24, 2.45) is 5.41 Å². The molecule has 2 rings (SSSR count). The molecule has 0 spiro atoms. The van der Waals surface area contributed by atoms with E-state index >= 15 is 0 Å². The summed E-state index contributed by atoms with van der Waals surface area (Å²) in [4.78, 5) is 17.3. The van der Waals surface area contributed by atoms with Crippen LogP contribution in [0.5, 0.6) is 0 Å². The summed E-state index contributed by atoms with van der Waals surface area (Å²) in [7, 11) is 2.17. The molecule has 0 aromatic rings. The zero-order valence-electron chi connectivity index (χ0n) is 13.1. The number of piperidine rings is 1. The topological polar surface area (TPSA) is 47.6 Å². The van der Waals surface area contributed by atoms with Gasteiger partial charge in [0.2, 0.25) is 5.91 Å². The van der Waals surface area contributed by atoms with E-state index in [0.29, 0.717) is 0 Å². The number of amides is 1. The molecule has 1 amide bonds. The summed E-state index contributed by atoms with van der Waals surface area (Å²) in [5.74, 6) is 0.274. The largest absolute Gasteiger partial charge is 0.354 e. The molecular formula is C15H30N4O. The first-order valence-electron chi connectivity index (χ1n) is 8.06. The van der Waals surface area contributed by atoms with E-state index in [-0.39, 0.29) is 11.3 Å². The van der Waals surface area contributed by atoms with Crippen molar-refractivity contribution < 1.29 is 4.79 Å². The number of hydrogen-bond acceptors (Lipinski definition) is 4. The number of hydrogen-bond donors (Lipinski definition) is 2. The molecule has 0 saturated carbocycles. The number of rotatable bonds is 5. The second kappa shape index (κ2) is 7.38. The highest BCUT2D eigenvalue weighted by molar-refractivity contribution is 5.82. The zero-order chi connectivity index (χ0) is 14.4. The Hall–Kier alpha value is -0.650. The van der Waals surface area contributed by atoms with E-state index in [1.54, 1.807) is 0 Å². The number of carbonyl (C=O) groups excluding carboxylic acids is 1. The number of likely N-dealkylation sites (N-methyl/N-ethyl adjacent to an activating group) is 1. The van der Waals surface area contributed by atoms with Gasteiger partial charge in [-0.1, -0.05) is 6.92 Å². The first-order chi connectivity index (χ1) is 9.66. The molecule has 2 fully saturated rings. The summed E-state index contributed by atoms with van der Waals surface area (Å²) in [5, 5.41) is 6.53. The maximum atomic E-state index is 12.5. The maximum absolute atomic E-state index is 12.5. The van der Waals surface area contributed by atoms with E-state index < -0.39 is 0 Å². The predicted molar refractivity (Wildman–Crippen MR) is 81.8 cm³/mol. The van der Waals surface area contributed by atoms with Gasteiger partial charge in [0.05, 0.1) is 5.41 Å². The quantitative estimate of drug-likeness (QED) is 0.752. The zero-order valence-corrected chi connectivity index (χ0v) is 13.1. The van der Waals surface area contributed by atoms with Crippen LogP contribution in [0.3, 0.4) is 0 Å². The Labute approximate surface area is 123 Å². The molecule has 0 radical (unpaired) electrons. The molecule has 0 aromatic carbocycles. The van der Waals surface area contributed by atoms with Gasteiger partial charge in [0, 0.05) is 39.3 Å². The SMILES string of the molecule is CCC1(C(=O)NCCN2CCN(C)CC2)CCNCC1. The molecule has 2 aliphatic rings. The second-order valence-corrected chi connectivity index (χ2v) is 6.28. The van der Waals surface area contributed by atoms with Crippen LogP contribution in [-0.4, -0.2) is 75.1 Å². The Kier molecular flexibility index (Phi) is 5.81. The van der Waals surface area contributed by atoms with Crippen LogP contribution in [0.25, 0.3) is 0 Å². The van der Waals surface area contributed by atoms with Gasteiger partial charge in [-0.3, -0.25) is 9.69 Å². The lowest BCUT2D eigenvalue weighted by molar-refractivity contribution is -0.132. The van der Waals surface area contributed by atoms with Gasteiger partial charge in [-0.25, -0.2) is 0 Å². The van der Waals surface area contributed by atoms with E-state index in [0.717, 1.165) is 71.6 Å². The standard InChI is InChI=1S/C15H30N4O/c1-3-15(4-6-16-7-5-15)14(20)17-8-9-19-12-10-18(2)11-13-19/h16H,3-13H2,1-2H3,(H,17,20). The lowest BCUT2D eigenvalue weighted by Crippen LogP contribution is -2.50. The summed E-state index contributed by atoms with van der Waals surface area (Å²) in [6, 6.07) is 0. The van der Waals surface area contributed by atoms with Crippen LogP contribution in [0, 0.1) is 5.41 Å². The molecule has 2 aliphatic heterocycles. The molecule has 20 heavy (non-hydrogen) atoms. The van der Waals surface area contributed by atoms with Gasteiger partial charge in [0.15, 0.2) is 0 Å². The van der Waals surface area contributed by atoms with Crippen LogP contribution >= 0.6 is 0 Å². The highest BCUT2D eigenvalue weighted by Gasteiger charge is 2.37. The maximum Gasteiger partial charge on any atom is 0.226 e. The van der Waals surface area contributed by atoms with Crippen molar-refractivity contribution >= 4 is 5.91 Å². The van der Waals surface area contributed by atoms with E-state index in [1.165, 1.54) is 0 Å². The Morgan fingerprint density at radius 1 is 1.20 bits per heavy atom. The molecule has 5 heteroatoms. The van der Waals surface area contributed by atoms with E-state index in [9.17, 15) is 4.79 Å². The van der Waals surface area contributed by atoms with Crippen LogP contribution < -0.4 is 10.6 Å². The molecular weight excluding hydrogens is 252 g/mol. The molecule has 116 valence electrons. The minimum Gasteiger partial charge on any atom is -0.354 e. The number of nitrogens with zero attached hydrogens (tertiary/aromatic N) is 2. The van der Waals surface area contributed by atoms with Gasteiger partial charge in [-0.05, 0) is 39.4 Å². The van der Waals surface area contributed by atoms with Gasteiger partial charge >= 0.3 is 0 Å². The van der Waals surface area contributed by atoms with Crippen LogP contribution in [0.15, 0.2) is 0 Å². The van der Waals surface area contributed by atoms with E-state index in [4.69, 9.17) is 0 Å². The van der Waals surface area contributed by atoms with Crippen molar-refractivity contribution in [3.05, 3.63) is 0 Å². The van der Waals surface area contributed by atoms with Crippen LogP contribution in [0.1, 0.15) is 26.2 Å². The van der Waals surface area contributed by atoms with Gasteiger partial charge in [0.25, 0.3) is 0 Å². The molecule has 0 aliphatic carbocycles. The van der Waals surface area contributed by atoms with Gasteiger partial charge in [-0.2, -0.15) is 0 Å². The third-order valence-electron chi connectivity index (χ3n) is 5.03. The number of nitrogens with one attached hydrogen (secondary N) is 2. The lowest BCUT2D eigenvalue weighted by Gasteiger charge is -2.36. The van der Waals surface area contributed by atoms with Crippen LogP contribution in [0.2, 0.25) is 0 Å². The molecule has 2 heterocycles. The van der Waals surface area contributed by atoms with Crippen molar-refractivity contribution in [1.29, 1.82) is 0 Å². The van der Waals surface area contributed by atoms with E-state index in [1.807, 2.05) is 0 Å². The fourth-order valence-electron chi connectivity index (χ4n) is 3.23. The first-order valence-corrected chi connectivity index (χ1v) is 8.06. The summed E-state index contributed by atoms with van der Waals surface area (Å²) >= 11 is 0. The summed E-state index contributed by atoms with van der Waals surface area (Å²) in [6.07, 6.45) is 2.91. The van der Waals surface area contributed by atoms with E-state index in [2.05, 4.69) is 34.4 Å². The molecule has 0 atom stereocenters. The predicted octanol–water partition coefficient (Wildman–Crippen LogP) is 0.130. The van der Waals surface area contributed by atoms with Crippen molar-refractivity contribution in [3.63, 3.8) is 0 Å². The molecule has 0 aromatic heterocycles. The molecule has 2 N–H and O–H groups in total. The van der Waals surface area contributed by atoms with Crippen molar-refractivity contribution in [2.45, 2.75) is 26.2 Å². The fourth-order valence-corrected chi connectivity index (χ4v) is 3.23. The van der Waals surface area contributed by atoms with Crippen molar-refractivity contribution in [3.8, 4) is 0 Å². The smallest absolute Gasteiger partial charge is 0.226 e. The number of carbonyl (C=O) groups is 1. The summed E-state index contributed by atoms with van der Waals surface area (Å²) in [5.41, 5.74) is -0.118. The van der Waals surface area contributed by atoms with Gasteiger partial charge in [0.1, 0.15) is 0 Å². The van der Waals surface area contributed by atoms with Crippen LogP contribution in [-0.2, 0) is 4.79 Å². The Bertz CT molecular complexity index is 307. The molecule has 0 bridgehead atoms. The second-order valence-electron chi connectivity index (χ2n) is 6.28. The monoisotopic (exact) mass is 282 g/mol. The van der Waals surface area contributed by atoms with Crippen LogP contribution in [0.4, 0.5) is 0 Å². The summed E-state index contributed by atoms with van der Waals surface area (Å²) < 4.78 is 0. The Morgan fingerprint density at radius 3 is 2.45 bits per heavy atom. The molecule has 5 nitrogen and oxygen atoms in total. The molecule has 0 unspecified atom stereocenters. The fraction of sp³-hybridized carbons (Fsp3) is 0.933. The first kappa shape index (κ1) is 15.7. The Balaban J connectivity index is 1.71. The normalized spacial score (nSPS) is 24.5. The average Bonchev–Trinajstić information content (AvgIpc) is 2.50. The van der Waals surface area contributed by atoms with Crippen molar-refractivity contribution in [1.82, 2.24) is 20.4 Å². The highest BCUT2D eigenvalue weighted by Crippen LogP contribution is 2.32. The highest BCUT2D eigenvalue weighted by atomic mass is 16.2. The van der Waals surface area contributed by atoms with Gasteiger partial charge in [-0.15, -0.1) is 0 Å². The van der Waals surface area contributed by atoms with Crippen molar-refractivity contribution in [2.75, 3.05) is 59.4 Å². The third kappa shape index (κ3) is 3.93.